The van der Waals surface area contributed by atoms with E-state index in [1.54, 1.807) is 0 Å². The third-order valence-corrected chi connectivity index (χ3v) is 6.97. The molecule has 158 valence electrons. The number of amides is 1. The molecule has 4 nitrogen and oxygen atoms in total. The number of allylic oxidation sites excluding steroid dienone is 2. The molecule has 3 aromatic carbocycles. The Labute approximate surface area is 187 Å². The summed E-state index contributed by atoms with van der Waals surface area (Å²) in [5, 5.41) is 8.19. The molecule has 1 aromatic heterocycles. The van der Waals surface area contributed by atoms with Gasteiger partial charge in [0.1, 0.15) is 0 Å². The summed E-state index contributed by atoms with van der Waals surface area (Å²) in [6.45, 7) is 1.96. The van der Waals surface area contributed by atoms with Crippen molar-refractivity contribution in [1.29, 1.82) is 0 Å². The van der Waals surface area contributed by atoms with E-state index < -0.39 is 0 Å². The van der Waals surface area contributed by atoms with Crippen LogP contribution in [0.2, 0.25) is 0 Å². The summed E-state index contributed by atoms with van der Waals surface area (Å²) in [5.74, 6) is 0.714. The highest BCUT2D eigenvalue weighted by molar-refractivity contribution is 6.05. The second-order valence-electron chi connectivity index (χ2n) is 8.84. The van der Waals surface area contributed by atoms with E-state index in [4.69, 9.17) is 0 Å². The number of para-hydroxylation sites is 1. The first-order valence-corrected chi connectivity index (χ1v) is 11.2. The highest BCUT2D eigenvalue weighted by atomic mass is 16.1. The zero-order valence-electron chi connectivity index (χ0n) is 17.9. The van der Waals surface area contributed by atoms with Crippen LogP contribution in [-0.4, -0.2) is 10.9 Å². The van der Waals surface area contributed by atoms with Gasteiger partial charge in [-0.25, -0.2) is 0 Å². The molecule has 3 N–H and O–H groups in total. The van der Waals surface area contributed by atoms with E-state index >= 15 is 0 Å². The van der Waals surface area contributed by atoms with Crippen LogP contribution in [0.5, 0.6) is 0 Å². The first-order chi connectivity index (χ1) is 15.7. The van der Waals surface area contributed by atoms with Gasteiger partial charge in [-0.2, -0.15) is 0 Å². The Hall–Kier alpha value is -3.79. The number of aromatic nitrogens is 1. The summed E-state index contributed by atoms with van der Waals surface area (Å²) in [6, 6.07) is 22.6. The van der Waals surface area contributed by atoms with Gasteiger partial charge < -0.3 is 15.6 Å². The van der Waals surface area contributed by atoms with Gasteiger partial charge >= 0.3 is 0 Å². The molecule has 1 aliphatic carbocycles. The standard InChI is InChI=1S/C28H25N3O/c1-17-7-2-3-8-19(17)28(32)30-18-13-14-26-23(15-18)20-10-6-11-22(20)27(31-26)24-16-29-25-12-5-4-9-21(24)25/h2-10,12-16,20,22,27,29,31H,11H2,1H3,(H,30,32). The number of nitrogens with one attached hydrogen (secondary N) is 3. The monoisotopic (exact) mass is 419 g/mol. The number of carbonyl (C=O) groups is 1. The molecule has 0 saturated carbocycles. The van der Waals surface area contributed by atoms with Gasteiger partial charge in [-0.05, 0) is 66.3 Å². The van der Waals surface area contributed by atoms with Crippen LogP contribution in [0.15, 0.2) is 85.1 Å². The average Bonchev–Trinajstić information content (AvgIpc) is 3.47. The van der Waals surface area contributed by atoms with Crippen LogP contribution in [0.25, 0.3) is 10.9 Å². The maximum Gasteiger partial charge on any atom is 0.255 e. The van der Waals surface area contributed by atoms with Crippen molar-refractivity contribution in [2.45, 2.75) is 25.3 Å². The van der Waals surface area contributed by atoms with Gasteiger partial charge in [0.05, 0.1) is 6.04 Å². The van der Waals surface area contributed by atoms with Crippen molar-refractivity contribution in [3.63, 3.8) is 0 Å². The molecule has 4 heteroatoms. The Morgan fingerprint density at radius 3 is 2.75 bits per heavy atom. The van der Waals surface area contributed by atoms with Crippen LogP contribution in [0.3, 0.4) is 0 Å². The van der Waals surface area contributed by atoms with Gasteiger partial charge in [0.15, 0.2) is 0 Å². The largest absolute Gasteiger partial charge is 0.378 e. The molecule has 0 radical (unpaired) electrons. The Morgan fingerprint density at radius 1 is 1.00 bits per heavy atom. The van der Waals surface area contributed by atoms with Crippen LogP contribution in [0.4, 0.5) is 11.4 Å². The molecule has 32 heavy (non-hydrogen) atoms. The third kappa shape index (κ3) is 3.02. The maximum atomic E-state index is 12.8. The number of anilines is 2. The van der Waals surface area contributed by atoms with Crippen LogP contribution in [-0.2, 0) is 0 Å². The lowest BCUT2D eigenvalue weighted by molar-refractivity contribution is 0.102. The van der Waals surface area contributed by atoms with Gasteiger partial charge in [-0.1, -0.05) is 48.6 Å². The molecule has 0 fully saturated rings. The number of aromatic amines is 1. The van der Waals surface area contributed by atoms with Gasteiger partial charge in [0.2, 0.25) is 0 Å². The second-order valence-corrected chi connectivity index (χ2v) is 8.84. The molecule has 6 rings (SSSR count). The molecular formula is C28H25N3O. The van der Waals surface area contributed by atoms with E-state index in [1.807, 2.05) is 37.3 Å². The number of aryl methyl sites for hydroxylation is 1. The minimum Gasteiger partial charge on any atom is -0.378 e. The molecule has 1 amide bonds. The first-order valence-electron chi connectivity index (χ1n) is 11.2. The Balaban J connectivity index is 1.33. The van der Waals surface area contributed by atoms with Crippen LogP contribution < -0.4 is 10.6 Å². The zero-order valence-corrected chi connectivity index (χ0v) is 17.9. The molecule has 4 aromatic rings. The minimum atomic E-state index is -0.0676. The molecule has 0 bridgehead atoms. The van der Waals surface area contributed by atoms with Crippen molar-refractivity contribution in [3.8, 4) is 0 Å². The van der Waals surface area contributed by atoms with Crippen LogP contribution >= 0.6 is 0 Å². The second kappa shape index (κ2) is 7.41. The van der Waals surface area contributed by atoms with E-state index in [-0.39, 0.29) is 11.9 Å². The van der Waals surface area contributed by atoms with E-state index in [9.17, 15) is 4.79 Å². The normalized spacial score (nSPS) is 21.1. The van der Waals surface area contributed by atoms with E-state index in [0.29, 0.717) is 17.4 Å². The quantitative estimate of drug-likeness (QED) is 0.330. The van der Waals surface area contributed by atoms with E-state index in [2.05, 4.69) is 70.4 Å². The Morgan fingerprint density at radius 2 is 1.84 bits per heavy atom. The van der Waals surface area contributed by atoms with Crippen molar-refractivity contribution in [2.24, 2.45) is 5.92 Å². The number of carbonyl (C=O) groups excluding carboxylic acids is 1. The molecule has 0 spiro atoms. The fraction of sp³-hybridized carbons (Fsp3) is 0.179. The number of benzene rings is 3. The van der Waals surface area contributed by atoms with Crippen molar-refractivity contribution < 1.29 is 4.79 Å². The minimum absolute atomic E-state index is 0.0676. The number of fused-ring (bicyclic) bond motifs is 4. The lowest BCUT2D eigenvalue weighted by atomic mass is 9.77. The number of hydrogen-bond acceptors (Lipinski definition) is 2. The maximum absolute atomic E-state index is 12.8. The van der Waals surface area contributed by atoms with Gasteiger partial charge in [0.25, 0.3) is 5.91 Å². The first kappa shape index (κ1) is 18.9. The molecular weight excluding hydrogens is 394 g/mol. The fourth-order valence-corrected chi connectivity index (χ4v) is 5.36. The number of hydrogen-bond donors (Lipinski definition) is 3. The fourth-order valence-electron chi connectivity index (χ4n) is 5.36. The number of rotatable bonds is 3. The van der Waals surface area contributed by atoms with Crippen molar-refractivity contribution in [1.82, 2.24) is 4.98 Å². The van der Waals surface area contributed by atoms with Gasteiger partial charge in [-0.15, -0.1) is 0 Å². The molecule has 0 saturated heterocycles. The van der Waals surface area contributed by atoms with Crippen LogP contribution in [0, 0.1) is 12.8 Å². The molecule has 2 heterocycles. The van der Waals surface area contributed by atoms with Crippen molar-refractivity contribution in [3.05, 3.63) is 107 Å². The molecule has 2 aliphatic rings. The summed E-state index contributed by atoms with van der Waals surface area (Å²) >= 11 is 0. The average molecular weight is 420 g/mol. The molecule has 3 unspecified atom stereocenters. The number of H-pyrrole nitrogens is 1. The van der Waals surface area contributed by atoms with E-state index in [1.165, 1.54) is 22.0 Å². The van der Waals surface area contributed by atoms with E-state index in [0.717, 1.165) is 23.4 Å². The topological polar surface area (TPSA) is 56.9 Å². The third-order valence-electron chi connectivity index (χ3n) is 6.97. The lowest BCUT2D eigenvalue weighted by Crippen LogP contribution is -2.29. The lowest BCUT2D eigenvalue weighted by Gasteiger charge is -2.37. The zero-order chi connectivity index (χ0) is 21.7. The molecule has 1 aliphatic heterocycles. The Kier molecular flexibility index (Phi) is 4.39. The Bertz CT molecular complexity index is 1370. The summed E-state index contributed by atoms with van der Waals surface area (Å²) < 4.78 is 0. The van der Waals surface area contributed by atoms with Crippen LogP contribution in [0.1, 0.15) is 45.4 Å². The van der Waals surface area contributed by atoms with Crippen molar-refractivity contribution >= 4 is 28.2 Å². The predicted molar refractivity (Wildman–Crippen MR) is 130 cm³/mol. The van der Waals surface area contributed by atoms with Gasteiger partial charge in [-0.3, -0.25) is 4.79 Å². The predicted octanol–water partition coefficient (Wildman–Crippen LogP) is 6.56. The SMILES string of the molecule is Cc1ccccc1C(=O)Nc1ccc2c(c1)C1C=CCC1C(c1c[nH]c3ccccc13)N2. The smallest absolute Gasteiger partial charge is 0.255 e. The highest BCUT2D eigenvalue weighted by Gasteiger charge is 2.38. The summed E-state index contributed by atoms with van der Waals surface area (Å²) in [5.41, 5.74) is 7.41. The summed E-state index contributed by atoms with van der Waals surface area (Å²) in [7, 11) is 0. The van der Waals surface area contributed by atoms with Crippen molar-refractivity contribution in [2.75, 3.05) is 10.6 Å². The highest BCUT2D eigenvalue weighted by Crippen LogP contribution is 2.51. The summed E-state index contributed by atoms with van der Waals surface area (Å²) in [6.07, 6.45) is 7.83. The summed E-state index contributed by atoms with van der Waals surface area (Å²) in [4.78, 5) is 16.3. The van der Waals surface area contributed by atoms with Gasteiger partial charge in [0, 0.05) is 40.0 Å². The molecule has 3 atom stereocenters.